The van der Waals surface area contributed by atoms with Crippen molar-refractivity contribution in [1.82, 2.24) is 5.32 Å². The number of anilines is 1. The number of hydrogen-bond acceptors (Lipinski definition) is 4. The van der Waals surface area contributed by atoms with Gasteiger partial charge in [-0.1, -0.05) is 31.2 Å². The van der Waals surface area contributed by atoms with E-state index in [2.05, 4.69) is 31.3 Å². The van der Waals surface area contributed by atoms with Gasteiger partial charge in [-0.25, -0.2) is 8.42 Å². The molecule has 3 rings (SSSR count). The van der Waals surface area contributed by atoms with Gasteiger partial charge in [0, 0.05) is 12.6 Å². The SMILES string of the molecule is CC[C@@H](NC(=O)c1ccc(N(C)S(=O)(=O)c2cccs2)cc1)c1ccc(C)c(C)c1. The molecule has 1 amide bonds. The zero-order valence-electron chi connectivity index (χ0n) is 17.5. The minimum Gasteiger partial charge on any atom is -0.345 e. The quantitative estimate of drug-likeness (QED) is 0.555. The summed E-state index contributed by atoms with van der Waals surface area (Å²) >= 11 is 1.18. The average Bonchev–Trinajstić information content (AvgIpc) is 3.29. The Morgan fingerprint density at radius 1 is 1.07 bits per heavy atom. The normalized spacial score (nSPS) is 12.4. The summed E-state index contributed by atoms with van der Waals surface area (Å²) in [5, 5.41) is 4.81. The highest BCUT2D eigenvalue weighted by Gasteiger charge is 2.22. The zero-order chi connectivity index (χ0) is 21.9. The monoisotopic (exact) mass is 442 g/mol. The van der Waals surface area contributed by atoms with E-state index in [1.807, 2.05) is 13.0 Å². The second-order valence-electron chi connectivity index (χ2n) is 7.23. The second kappa shape index (κ2) is 9.02. The van der Waals surface area contributed by atoms with Crippen LogP contribution in [0.15, 0.2) is 64.2 Å². The van der Waals surface area contributed by atoms with E-state index in [1.165, 1.54) is 33.8 Å². The van der Waals surface area contributed by atoms with Crippen LogP contribution >= 0.6 is 11.3 Å². The highest BCUT2D eigenvalue weighted by atomic mass is 32.2. The standard InChI is InChI=1S/C23H26N2O3S2/c1-5-21(19-9-8-16(2)17(3)15-19)24-23(26)18-10-12-20(13-11-18)25(4)30(27,28)22-7-6-14-29-22/h6-15,21H,5H2,1-4H3,(H,24,26)/t21-/m1/s1. The van der Waals surface area contributed by atoms with E-state index in [-0.39, 0.29) is 16.2 Å². The minimum atomic E-state index is -3.60. The molecule has 1 N–H and O–H groups in total. The third-order valence-corrected chi connectivity index (χ3v) is 8.41. The Hall–Kier alpha value is -2.64. The molecule has 0 saturated carbocycles. The first-order chi connectivity index (χ1) is 14.2. The fourth-order valence-corrected chi connectivity index (χ4v) is 5.51. The van der Waals surface area contributed by atoms with Crippen molar-refractivity contribution in [3.8, 4) is 0 Å². The summed E-state index contributed by atoms with van der Waals surface area (Å²) in [6, 6.07) is 16.0. The van der Waals surface area contributed by atoms with E-state index in [0.717, 1.165) is 12.0 Å². The van der Waals surface area contributed by atoms with Gasteiger partial charge in [-0.2, -0.15) is 0 Å². The fourth-order valence-electron chi connectivity index (χ4n) is 3.15. The lowest BCUT2D eigenvalue weighted by Crippen LogP contribution is -2.28. The highest BCUT2D eigenvalue weighted by Crippen LogP contribution is 2.26. The molecule has 1 heterocycles. The molecule has 0 aliphatic rings. The Morgan fingerprint density at radius 3 is 2.33 bits per heavy atom. The number of nitrogens with zero attached hydrogens (tertiary/aromatic N) is 1. The van der Waals surface area contributed by atoms with E-state index in [9.17, 15) is 13.2 Å². The molecule has 3 aromatic rings. The number of amides is 1. The van der Waals surface area contributed by atoms with Crippen LogP contribution in [0.2, 0.25) is 0 Å². The summed E-state index contributed by atoms with van der Waals surface area (Å²) in [6.07, 6.45) is 0.772. The average molecular weight is 443 g/mol. The molecule has 0 bridgehead atoms. The van der Waals surface area contributed by atoms with Crippen LogP contribution in [-0.2, 0) is 10.0 Å². The zero-order valence-corrected chi connectivity index (χ0v) is 19.2. The van der Waals surface area contributed by atoms with Gasteiger partial charge in [-0.05, 0) is 72.7 Å². The first kappa shape index (κ1) is 22.1. The predicted octanol–water partition coefficient (Wildman–Crippen LogP) is 5.07. The summed E-state index contributed by atoms with van der Waals surface area (Å²) in [6.45, 7) is 6.16. The van der Waals surface area contributed by atoms with Gasteiger partial charge in [0.1, 0.15) is 4.21 Å². The summed E-state index contributed by atoms with van der Waals surface area (Å²) < 4.78 is 26.8. The summed E-state index contributed by atoms with van der Waals surface area (Å²) in [7, 11) is -2.09. The van der Waals surface area contributed by atoms with Crippen molar-refractivity contribution in [2.75, 3.05) is 11.4 Å². The maximum Gasteiger partial charge on any atom is 0.273 e. The van der Waals surface area contributed by atoms with Crippen molar-refractivity contribution in [3.63, 3.8) is 0 Å². The topological polar surface area (TPSA) is 66.5 Å². The van der Waals surface area contributed by atoms with Gasteiger partial charge in [0.15, 0.2) is 0 Å². The van der Waals surface area contributed by atoms with Gasteiger partial charge >= 0.3 is 0 Å². The molecule has 0 spiro atoms. The van der Waals surface area contributed by atoms with Crippen molar-refractivity contribution >= 4 is 33.0 Å². The number of nitrogens with one attached hydrogen (secondary N) is 1. The van der Waals surface area contributed by atoms with E-state index in [1.54, 1.807) is 41.8 Å². The third-order valence-electron chi connectivity index (χ3n) is 5.25. The number of carbonyl (C=O) groups excluding carboxylic acids is 1. The van der Waals surface area contributed by atoms with Crippen LogP contribution in [0, 0.1) is 13.8 Å². The van der Waals surface area contributed by atoms with Gasteiger partial charge < -0.3 is 5.32 Å². The number of aryl methyl sites for hydroxylation is 2. The minimum absolute atomic E-state index is 0.0849. The van der Waals surface area contributed by atoms with E-state index in [4.69, 9.17) is 0 Å². The van der Waals surface area contributed by atoms with Gasteiger partial charge in [0.05, 0.1) is 11.7 Å². The van der Waals surface area contributed by atoms with Gasteiger partial charge in [0.25, 0.3) is 15.9 Å². The Labute approximate surface area is 182 Å². The van der Waals surface area contributed by atoms with Crippen LogP contribution in [0.3, 0.4) is 0 Å². The van der Waals surface area contributed by atoms with Crippen molar-refractivity contribution in [3.05, 3.63) is 82.2 Å². The van der Waals surface area contributed by atoms with Crippen LogP contribution in [0.25, 0.3) is 0 Å². The third kappa shape index (κ3) is 4.57. The van der Waals surface area contributed by atoms with Crippen molar-refractivity contribution in [2.24, 2.45) is 0 Å². The van der Waals surface area contributed by atoms with Crippen LogP contribution < -0.4 is 9.62 Å². The van der Waals surface area contributed by atoms with Crippen molar-refractivity contribution < 1.29 is 13.2 Å². The molecule has 0 radical (unpaired) electrons. The molecule has 1 aromatic heterocycles. The molecule has 2 aromatic carbocycles. The van der Waals surface area contributed by atoms with E-state index in [0.29, 0.717) is 11.3 Å². The first-order valence-corrected chi connectivity index (χ1v) is 12.1. The number of hydrogen-bond donors (Lipinski definition) is 1. The number of rotatable bonds is 7. The molecular formula is C23H26N2O3S2. The number of benzene rings is 2. The smallest absolute Gasteiger partial charge is 0.273 e. The molecule has 7 heteroatoms. The number of thiophene rings is 1. The lowest BCUT2D eigenvalue weighted by Gasteiger charge is -2.20. The molecule has 1 atom stereocenters. The molecule has 0 unspecified atom stereocenters. The fraction of sp³-hybridized carbons (Fsp3) is 0.261. The van der Waals surface area contributed by atoms with Gasteiger partial charge in [-0.15, -0.1) is 11.3 Å². The summed E-state index contributed by atoms with van der Waals surface area (Å²) in [5.41, 5.74) is 4.48. The summed E-state index contributed by atoms with van der Waals surface area (Å²) in [4.78, 5) is 12.8. The van der Waals surface area contributed by atoms with Crippen LogP contribution in [0.1, 0.15) is 46.4 Å². The molecule has 0 saturated heterocycles. The predicted molar refractivity (Wildman–Crippen MR) is 123 cm³/mol. The summed E-state index contributed by atoms with van der Waals surface area (Å²) in [5.74, 6) is -0.185. The Balaban J connectivity index is 1.75. The lowest BCUT2D eigenvalue weighted by atomic mass is 9.99. The number of carbonyl (C=O) groups is 1. The molecule has 158 valence electrons. The Morgan fingerprint density at radius 2 is 1.77 bits per heavy atom. The largest absolute Gasteiger partial charge is 0.345 e. The van der Waals surface area contributed by atoms with Gasteiger partial charge in [0.2, 0.25) is 0 Å². The van der Waals surface area contributed by atoms with Crippen LogP contribution in [0.5, 0.6) is 0 Å². The second-order valence-corrected chi connectivity index (χ2v) is 10.4. The van der Waals surface area contributed by atoms with E-state index >= 15 is 0 Å². The molecule has 0 fully saturated rings. The van der Waals surface area contributed by atoms with Gasteiger partial charge in [-0.3, -0.25) is 9.10 Å². The molecule has 0 aliphatic heterocycles. The van der Waals surface area contributed by atoms with E-state index < -0.39 is 10.0 Å². The Kier molecular flexibility index (Phi) is 6.63. The van der Waals surface area contributed by atoms with Crippen LogP contribution in [0.4, 0.5) is 5.69 Å². The first-order valence-electron chi connectivity index (χ1n) is 9.74. The van der Waals surface area contributed by atoms with Crippen molar-refractivity contribution in [2.45, 2.75) is 37.4 Å². The molecular weight excluding hydrogens is 416 g/mol. The van der Waals surface area contributed by atoms with Crippen molar-refractivity contribution in [1.29, 1.82) is 0 Å². The Bertz CT molecular complexity index is 1120. The van der Waals surface area contributed by atoms with Crippen LogP contribution in [-0.4, -0.2) is 21.4 Å². The highest BCUT2D eigenvalue weighted by molar-refractivity contribution is 7.94. The molecule has 30 heavy (non-hydrogen) atoms. The lowest BCUT2D eigenvalue weighted by molar-refractivity contribution is 0.0935. The maximum absolute atomic E-state index is 12.8. The number of sulfonamides is 1. The molecule has 5 nitrogen and oxygen atoms in total. The molecule has 0 aliphatic carbocycles. The maximum atomic E-state index is 12.8.